The van der Waals surface area contributed by atoms with E-state index in [0.29, 0.717) is 22.3 Å². The van der Waals surface area contributed by atoms with Crippen molar-refractivity contribution >= 4 is 46.2 Å². The number of nitrogens with zero attached hydrogens (tertiary/aromatic N) is 3. The van der Waals surface area contributed by atoms with Crippen molar-refractivity contribution in [2.24, 2.45) is 15.7 Å². The molecular formula is C22H20FN5O3S. The second-order valence-electron chi connectivity index (χ2n) is 7.25. The predicted octanol–water partition coefficient (Wildman–Crippen LogP) is 2.10. The summed E-state index contributed by atoms with van der Waals surface area (Å²) < 4.78 is 13.0. The molecule has 2 heterocycles. The van der Waals surface area contributed by atoms with Crippen LogP contribution >= 0.6 is 11.8 Å². The number of halogens is 1. The topological polar surface area (TPSA) is 117 Å². The number of amides is 3. The zero-order valence-electron chi connectivity index (χ0n) is 17.0. The van der Waals surface area contributed by atoms with E-state index < -0.39 is 11.9 Å². The van der Waals surface area contributed by atoms with E-state index in [1.54, 1.807) is 18.2 Å². The molecule has 0 saturated carbocycles. The number of aliphatic imine (C=N–C) groups is 2. The van der Waals surface area contributed by atoms with Gasteiger partial charge in [0.15, 0.2) is 5.17 Å². The summed E-state index contributed by atoms with van der Waals surface area (Å²) in [7, 11) is 0. The van der Waals surface area contributed by atoms with Crippen molar-refractivity contribution in [1.82, 2.24) is 10.2 Å². The summed E-state index contributed by atoms with van der Waals surface area (Å²) in [5.41, 5.74) is 7.39. The molecule has 2 aliphatic heterocycles. The first kappa shape index (κ1) is 21.7. The molecule has 10 heteroatoms. The molecule has 0 unspecified atom stereocenters. The molecular weight excluding hydrogens is 433 g/mol. The average molecular weight is 453 g/mol. The molecule has 0 aliphatic carbocycles. The van der Waals surface area contributed by atoms with Crippen molar-refractivity contribution in [2.45, 2.75) is 25.4 Å². The van der Waals surface area contributed by atoms with Crippen LogP contribution in [0.25, 0.3) is 0 Å². The normalized spacial score (nSPS) is 16.7. The third-order valence-electron chi connectivity index (χ3n) is 4.94. The van der Waals surface area contributed by atoms with Gasteiger partial charge in [0, 0.05) is 18.5 Å². The van der Waals surface area contributed by atoms with Gasteiger partial charge in [-0.15, -0.1) is 0 Å². The van der Waals surface area contributed by atoms with Crippen molar-refractivity contribution in [3.63, 3.8) is 0 Å². The molecule has 0 radical (unpaired) electrons. The SMILES string of the molecule is NC(=O)CSC1=Nc2ccccc2C2=N[C@H](CCC(=O)NCc3ccc(F)cc3)C(=O)N12. The zero-order chi connectivity index (χ0) is 22.7. The number of rotatable bonds is 7. The van der Waals surface area contributed by atoms with E-state index >= 15 is 0 Å². The fourth-order valence-corrected chi connectivity index (χ4v) is 4.12. The number of fused-ring (bicyclic) bond motifs is 3. The number of thioether (sulfide) groups is 1. The predicted molar refractivity (Wildman–Crippen MR) is 120 cm³/mol. The summed E-state index contributed by atoms with van der Waals surface area (Å²) in [5.74, 6) is -0.940. The molecule has 0 aromatic heterocycles. The van der Waals surface area contributed by atoms with E-state index in [2.05, 4.69) is 15.3 Å². The molecule has 2 aromatic rings. The van der Waals surface area contributed by atoms with Crippen LogP contribution in [0.1, 0.15) is 24.0 Å². The molecule has 2 aromatic carbocycles. The molecule has 8 nitrogen and oxygen atoms in total. The van der Waals surface area contributed by atoms with Gasteiger partial charge < -0.3 is 11.1 Å². The van der Waals surface area contributed by atoms with Gasteiger partial charge in [-0.2, -0.15) is 0 Å². The van der Waals surface area contributed by atoms with Crippen LogP contribution in [0.3, 0.4) is 0 Å². The first-order valence-electron chi connectivity index (χ1n) is 9.94. The minimum absolute atomic E-state index is 0.0193. The van der Waals surface area contributed by atoms with Crippen LogP contribution in [-0.4, -0.2) is 45.4 Å². The maximum atomic E-state index is 13.1. The third-order valence-corrected chi connectivity index (χ3v) is 5.90. The summed E-state index contributed by atoms with van der Waals surface area (Å²) in [5, 5.41) is 3.11. The van der Waals surface area contributed by atoms with Gasteiger partial charge in [-0.1, -0.05) is 36.0 Å². The van der Waals surface area contributed by atoms with Crippen molar-refractivity contribution in [3.8, 4) is 0 Å². The monoisotopic (exact) mass is 453 g/mol. The largest absolute Gasteiger partial charge is 0.369 e. The molecule has 164 valence electrons. The number of para-hydroxylation sites is 1. The van der Waals surface area contributed by atoms with E-state index in [0.717, 1.165) is 17.3 Å². The fraction of sp³-hybridized carbons (Fsp3) is 0.227. The summed E-state index contributed by atoms with van der Waals surface area (Å²) >= 11 is 1.08. The lowest BCUT2D eigenvalue weighted by atomic mass is 10.1. The van der Waals surface area contributed by atoms with Crippen LogP contribution in [0.15, 0.2) is 58.5 Å². The summed E-state index contributed by atoms with van der Waals surface area (Å²) in [6, 6.07) is 12.4. The molecule has 0 fully saturated rings. The maximum Gasteiger partial charge on any atom is 0.259 e. The summed E-state index contributed by atoms with van der Waals surface area (Å²) in [4.78, 5) is 47.0. The van der Waals surface area contributed by atoms with Crippen LogP contribution in [0.5, 0.6) is 0 Å². The van der Waals surface area contributed by atoms with Crippen molar-refractivity contribution in [2.75, 3.05) is 5.75 Å². The molecule has 3 N–H and O–H groups in total. The molecule has 0 bridgehead atoms. The molecule has 1 atom stereocenters. The highest BCUT2D eigenvalue weighted by molar-refractivity contribution is 8.14. The second kappa shape index (κ2) is 9.31. The number of amidine groups is 2. The summed E-state index contributed by atoms with van der Waals surface area (Å²) in [6.07, 6.45) is 0.328. The summed E-state index contributed by atoms with van der Waals surface area (Å²) in [6.45, 7) is 0.270. The highest BCUT2D eigenvalue weighted by atomic mass is 32.2. The Morgan fingerprint density at radius 3 is 2.66 bits per heavy atom. The molecule has 0 saturated heterocycles. The molecule has 2 aliphatic rings. The van der Waals surface area contributed by atoms with Gasteiger partial charge in [-0.3, -0.25) is 19.4 Å². The van der Waals surface area contributed by atoms with Crippen LogP contribution in [0, 0.1) is 5.82 Å². The smallest absolute Gasteiger partial charge is 0.259 e. The number of carbonyl (C=O) groups is 3. The van der Waals surface area contributed by atoms with E-state index in [1.807, 2.05) is 18.2 Å². The molecule has 0 spiro atoms. The maximum absolute atomic E-state index is 13.1. The quantitative estimate of drug-likeness (QED) is 0.668. The van der Waals surface area contributed by atoms with Gasteiger partial charge in [-0.05, 0) is 36.2 Å². The number of hydrogen-bond acceptors (Lipinski definition) is 6. The van der Waals surface area contributed by atoms with Crippen molar-refractivity contribution in [3.05, 3.63) is 65.5 Å². The van der Waals surface area contributed by atoms with Crippen LogP contribution in [-0.2, 0) is 20.9 Å². The number of hydrogen-bond donors (Lipinski definition) is 2. The van der Waals surface area contributed by atoms with E-state index in [1.165, 1.54) is 17.0 Å². The Kier molecular flexibility index (Phi) is 6.31. The Balaban J connectivity index is 1.43. The van der Waals surface area contributed by atoms with E-state index in [9.17, 15) is 18.8 Å². The van der Waals surface area contributed by atoms with Gasteiger partial charge in [0.2, 0.25) is 11.8 Å². The Labute approximate surface area is 187 Å². The molecule has 32 heavy (non-hydrogen) atoms. The number of nitrogens with two attached hydrogens (primary N) is 1. The number of benzene rings is 2. The Hall–Kier alpha value is -3.53. The van der Waals surface area contributed by atoms with Gasteiger partial charge in [0.25, 0.3) is 5.91 Å². The number of primary amides is 1. The standard InChI is InChI=1S/C22H20FN5O3S/c23-14-7-5-13(6-8-14)11-25-19(30)10-9-17-21(31)28-20(26-17)15-3-1-2-4-16(15)27-22(28)32-12-18(24)29/h1-8,17H,9-12H2,(H2,24,29)(H,25,30)/t17-/m1/s1. The second-order valence-corrected chi connectivity index (χ2v) is 8.19. The number of carbonyl (C=O) groups excluding carboxylic acids is 3. The lowest BCUT2D eigenvalue weighted by Crippen LogP contribution is -2.41. The highest BCUT2D eigenvalue weighted by Crippen LogP contribution is 2.34. The van der Waals surface area contributed by atoms with Crippen molar-refractivity contribution in [1.29, 1.82) is 0 Å². The van der Waals surface area contributed by atoms with Gasteiger partial charge in [-0.25, -0.2) is 14.3 Å². The minimum atomic E-state index is -0.730. The minimum Gasteiger partial charge on any atom is -0.369 e. The van der Waals surface area contributed by atoms with E-state index in [4.69, 9.17) is 5.73 Å². The Morgan fingerprint density at radius 1 is 1.16 bits per heavy atom. The van der Waals surface area contributed by atoms with E-state index in [-0.39, 0.29) is 42.8 Å². The van der Waals surface area contributed by atoms with Gasteiger partial charge >= 0.3 is 0 Å². The highest BCUT2D eigenvalue weighted by Gasteiger charge is 2.41. The van der Waals surface area contributed by atoms with Crippen LogP contribution < -0.4 is 11.1 Å². The lowest BCUT2D eigenvalue weighted by molar-refractivity contribution is -0.125. The van der Waals surface area contributed by atoms with Crippen molar-refractivity contribution < 1.29 is 18.8 Å². The van der Waals surface area contributed by atoms with Crippen LogP contribution in [0.4, 0.5) is 10.1 Å². The Morgan fingerprint density at radius 2 is 1.91 bits per heavy atom. The fourth-order valence-electron chi connectivity index (χ4n) is 3.38. The first-order valence-corrected chi connectivity index (χ1v) is 10.9. The molecule has 3 amide bonds. The third kappa shape index (κ3) is 4.70. The number of nitrogens with one attached hydrogen (secondary N) is 1. The average Bonchev–Trinajstić information content (AvgIpc) is 3.12. The zero-order valence-corrected chi connectivity index (χ0v) is 17.8. The Bertz CT molecular complexity index is 1130. The first-order chi connectivity index (χ1) is 15.4. The van der Waals surface area contributed by atoms with Gasteiger partial charge in [0.05, 0.1) is 11.4 Å². The lowest BCUT2D eigenvalue weighted by Gasteiger charge is -2.25. The molecule has 4 rings (SSSR count). The van der Waals surface area contributed by atoms with Gasteiger partial charge in [0.1, 0.15) is 17.7 Å². The van der Waals surface area contributed by atoms with Crippen LogP contribution in [0.2, 0.25) is 0 Å².